The van der Waals surface area contributed by atoms with Crippen molar-refractivity contribution in [3.05, 3.63) is 30.1 Å². The molecule has 0 atom stereocenters. The molecule has 72 valence electrons. The quantitative estimate of drug-likeness (QED) is 0.701. The Morgan fingerprint density at radius 1 is 1.38 bits per heavy atom. The minimum atomic E-state index is -3.92. The maximum atomic E-state index is 12.9. The number of hydrogen-bond acceptors (Lipinski definition) is 3. The SMILES string of the molecule is CCOS(=O)(=O)c1ccccc1F. The summed E-state index contributed by atoms with van der Waals surface area (Å²) in [5.74, 6) is -0.795. The minimum Gasteiger partial charge on any atom is -0.267 e. The third-order valence-electron chi connectivity index (χ3n) is 1.38. The van der Waals surface area contributed by atoms with Crippen molar-refractivity contribution < 1.29 is 17.0 Å². The Kier molecular flexibility index (Phi) is 3.00. The molecule has 0 unspecified atom stereocenters. The Labute approximate surface area is 76.3 Å². The first-order valence-electron chi connectivity index (χ1n) is 3.72. The van der Waals surface area contributed by atoms with Gasteiger partial charge in [-0.05, 0) is 19.1 Å². The van der Waals surface area contributed by atoms with Crippen molar-refractivity contribution in [3.8, 4) is 0 Å². The second-order valence-electron chi connectivity index (χ2n) is 2.29. The highest BCUT2D eigenvalue weighted by atomic mass is 32.2. The van der Waals surface area contributed by atoms with Gasteiger partial charge in [-0.2, -0.15) is 8.42 Å². The van der Waals surface area contributed by atoms with Gasteiger partial charge < -0.3 is 0 Å². The van der Waals surface area contributed by atoms with Gasteiger partial charge in [0.15, 0.2) is 0 Å². The summed E-state index contributed by atoms with van der Waals surface area (Å²) in [6, 6.07) is 5.10. The maximum absolute atomic E-state index is 12.9. The van der Waals surface area contributed by atoms with Gasteiger partial charge in [-0.1, -0.05) is 12.1 Å². The third-order valence-corrected chi connectivity index (χ3v) is 2.79. The van der Waals surface area contributed by atoms with E-state index in [4.69, 9.17) is 0 Å². The Hall–Kier alpha value is -0.940. The molecule has 13 heavy (non-hydrogen) atoms. The van der Waals surface area contributed by atoms with Gasteiger partial charge >= 0.3 is 0 Å². The van der Waals surface area contributed by atoms with E-state index in [2.05, 4.69) is 4.18 Å². The van der Waals surface area contributed by atoms with Crippen molar-refractivity contribution in [2.45, 2.75) is 11.8 Å². The lowest BCUT2D eigenvalue weighted by Gasteiger charge is -2.03. The average Bonchev–Trinajstić information content (AvgIpc) is 2.04. The van der Waals surface area contributed by atoms with E-state index in [0.717, 1.165) is 6.07 Å². The van der Waals surface area contributed by atoms with Crippen LogP contribution in [0.15, 0.2) is 29.2 Å². The van der Waals surface area contributed by atoms with E-state index in [9.17, 15) is 12.8 Å². The fraction of sp³-hybridized carbons (Fsp3) is 0.250. The molecule has 0 aliphatic rings. The summed E-state index contributed by atoms with van der Waals surface area (Å²) in [7, 11) is -3.92. The second-order valence-corrected chi connectivity index (χ2v) is 3.87. The molecule has 0 bridgehead atoms. The van der Waals surface area contributed by atoms with Gasteiger partial charge in [0.2, 0.25) is 0 Å². The molecule has 1 rings (SSSR count). The van der Waals surface area contributed by atoms with Crippen molar-refractivity contribution >= 4 is 10.1 Å². The van der Waals surface area contributed by atoms with Crippen molar-refractivity contribution in [1.82, 2.24) is 0 Å². The molecule has 0 aromatic heterocycles. The predicted octanol–water partition coefficient (Wildman–Crippen LogP) is 1.55. The first kappa shape index (κ1) is 10.1. The molecular formula is C8H9FO3S. The number of rotatable bonds is 3. The summed E-state index contributed by atoms with van der Waals surface area (Å²) in [6.07, 6.45) is 0. The van der Waals surface area contributed by atoms with Gasteiger partial charge in [0.05, 0.1) is 6.61 Å². The van der Waals surface area contributed by atoms with E-state index in [-0.39, 0.29) is 6.61 Å². The summed E-state index contributed by atoms with van der Waals surface area (Å²) < 4.78 is 39.8. The van der Waals surface area contributed by atoms with Crippen molar-refractivity contribution in [3.63, 3.8) is 0 Å². The van der Waals surface area contributed by atoms with E-state index in [1.165, 1.54) is 25.1 Å². The molecule has 0 saturated heterocycles. The first-order chi connectivity index (χ1) is 6.08. The molecular weight excluding hydrogens is 195 g/mol. The van der Waals surface area contributed by atoms with Gasteiger partial charge in [0.25, 0.3) is 10.1 Å². The standard InChI is InChI=1S/C8H9FO3S/c1-2-12-13(10,11)8-6-4-3-5-7(8)9/h3-6H,2H2,1H3. The summed E-state index contributed by atoms with van der Waals surface area (Å²) in [6.45, 7) is 1.52. The van der Waals surface area contributed by atoms with E-state index in [1.807, 2.05) is 0 Å². The molecule has 0 N–H and O–H groups in total. The first-order valence-corrected chi connectivity index (χ1v) is 5.12. The van der Waals surface area contributed by atoms with Crippen molar-refractivity contribution in [2.75, 3.05) is 6.61 Å². The van der Waals surface area contributed by atoms with Crippen molar-refractivity contribution in [1.29, 1.82) is 0 Å². The van der Waals surface area contributed by atoms with Crippen LogP contribution >= 0.6 is 0 Å². The molecule has 0 fully saturated rings. The van der Waals surface area contributed by atoms with Crippen LogP contribution in [0, 0.1) is 5.82 Å². The Balaban J connectivity index is 3.15. The molecule has 0 spiro atoms. The number of halogens is 1. The second kappa shape index (κ2) is 3.85. The molecule has 1 aromatic rings. The summed E-state index contributed by atoms with van der Waals surface area (Å²) in [5, 5.41) is 0. The monoisotopic (exact) mass is 204 g/mol. The van der Waals surface area contributed by atoms with Crippen LogP contribution in [0.4, 0.5) is 4.39 Å². The van der Waals surface area contributed by atoms with Crippen LogP contribution < -0.4 is 0 Å². The summed E-state index contributed by atoms with van der Waals surface area (Å²) in [4.78, 5) is -0.420. The number of hydrogen-bond donors (Lipinski definition) is 0. The zero-order chi connectivity index (χ0) is 9.90. The fourth-order valence-corrected chi connectivity index (χ4v) is 1.86. The lowest BCUT2D eigenvalue weighted by atomic mass is 10.4. The van der Waals surface area contributed by atoms with Gasteiger partial charge in [-0.15, -0.1) is 0 Å². The van der Waals surface area contributed by atoms with Gasteiger partial charge in [0, 0.05) is 0 Å². The van der Waals surface area contributed by atoms with Gasteiger partial charge in [-0.25, -0.2) is 4.39 Å². The van der Waals surface area contributed by atoms with E-state index >= 15 is 0 Å². The molecule has 3 nitrogen and oxygen atoms in total. The molecule has 0 amide bonds. The highest BCUT2D eigenvalue weighted by Gasteiger charge is 2.18. The molecule has 5 heteroatoms. The van der Waals surface area contributed by atoms with Gasteiger partial charge in [0.1, 0.15) is 10.7 Å². The third kappa shape index (κ3) is 2.26. The molecule has 0 aliphatic heterocycles. The zero-order valence-corrected chi connectivity index (χ0v) is 7.84. The topological polar surface area (TPSA) is 43.4 Å². The van der Waals surface area contributed by atoms with Crippen molar-refractivity contribution in [2.24, 2.45) is 0 Å². The molecule has 1 aromatic carbocycles. The van der Waals surface area contributed by atoms with Crippen LogP contribution in [-0.4, -0.2) is 15.0 Å². The fourth-order valence-electron chi connectivity index (χ4n) is 0.866. The predicted molar refractivity (Wildman–Crippen MR) is 45.2 cm³/mol. The molecule has 0 saturated carbocycles. The highest BCUT2D eigenvalue weighted by Crippen LogP contribution is 2.15. The van der Waals surface area contributed by atoms with E-state index in [0.29, 0.717) is 0 Å². The molecule has 0 heterocycles. The Morgan fingerprint density at radius 2 is 2.00 bits per heavy atom. The van der Waals surface area contributed by atoms with Crippen LogP contribution in [0.25, 0.3) is 0 Å². The normalized spacial score (nSPS) is 11.5. The lowest BCUT2D eigenvalue weighted by molar-refractivity contribution is 0.335. The van der Waals surface area contributed by atoms with Crippen LogP contribution in [0.3, 0.4) is 0 Å². The molecule has 0 aliphatic carbocycles. The van der Waals surface area contributed by atoms with Gasteiger partial charge in [-0.3, -0.25) is 4.18 Å². The maximum Gasteiger partial charge on any atom is 0.299 e. The number of benzene rings is 1. The lowest BCUT2D eigenvalue weighted by Crippen LogP contribution is -2.07. The van der Waals surface area contributed by atoms with Crippen LogP contribution in [-0.2, 0) is 14.3 Å². The van der Waals surface area contributed by atoms with E-state index < -0.39 is 20.8 Å². The van der Waals surface area contributed by atoms with E-state index in [1.54, 1.807) is 0 Å². The highest BCUT2D eigenvalue weighted by molar-refractivity contribution is 7.86. The smallest absolute Gasteiger partial charge is 0.267 e. The minimum absolute atomic E-state index is 0.00331. The largest absolute Gasteiger partial charge is 0.299 e. The van der Waals surface area contributed by atoms with Crippen LogP contribution in [0.5, 0.6) is 0 Å². The Morgan fingerprint density at radius 3 is 2.54 bits per heavy atom. The zero-order valence-electron chi connectivity index (χ0n) is 7.03. The summed E-state index contributed by atoms with van der Waals surface area (Å²) >= 11 is 0. The van der Waals surface area contributed by atoms with Crippen LogP contribution in [0.1, 0.15) is 6.92 Å². The van der Waals surface area contributed by atoms with Crippen LogP contribution in [0.2, 0.25) is 0 Å². The Bertz CT molecular complexity index is 386. The average molecular weight is 204 g/mol. The molecule has 0 radical (unpaired) electrons. The summed E-state index contributed by atoms with van der Waals surface area (Å²) in [5.41, 5.74) is 0.